The summed E-state index contributed by atoms with van der Waals surface area (Å²) in [6, 6.07) is 7.73. The molecule has 1 heterocycles. The summed E-state index contributed by atoms with van der Waals surface area (Å²) in [7, 11) is 3.82. The molecule has 1 N–H and O–H groups in total. The van der Waals surface area contributed by atoms with Crippen molar-refractivity contribution in [3.05, 3.63) is 45.4 Å². The first kappa shape index (κ1) is 16.6. The lowest BCUT2D eigenvalue weighted by atomic mass is 10.0. The van der Waals surface area contributed by atoms with Crippen LogP contribution in [-0.2, 0) is 17.8 Å². The van der Waals surface area contributed by atoms with Gasteiger partial charge in [-0.05, 0) is 33.0 Å². The molecule has 1 amide bonds. The number of aromatic nitrogens is 2. The van der Waals surface area contributed by atoms with Crippen LogP contribution in [0.1, 0.15) is 34.1 Å². The topological polar surface area (TPSA) is 58.1 Å². The fraction of sp³-hybridized carbons (Fsp3) is 0.438. The number of carbonyl (C=O) groups is 1. The second-order valence-electron chi connectivity index (χ2n) is 5.44. The van der Waals surface area contributed by atoms with Gasteiger partial charge >= 0.3 is 0 Å². The van der Waals surface area contributed by atoms with Crippen LogP contribution in [0.2, 0.25) is 0 Å². The molecule has 0 saturated carbocycles. The molecule has 0 spiro atoms. The zero-order valence-corrected chi connectivity index (χ0v) is 14.3. The van der Waals surface area contributed by atoms with Gasteiger partial charge in [-0.2, -0.15) is 0 Å². The molecule has 5 nitrogen and oxygen atoms in total. The van der Waals surface area contributed by atoms with E-state index < -0.39 is 0 Å². The van der Waals surface area contributed by atoms with Crippen LogP contribution in [0.4, 0.5) is 0 Å². The summed E-state index contributed by atoms with van der Waals surface area (Å²) in [5.74, 6) is -0.0242. The maximum Gasteiger partial charge on any atom is 0.242 e. The van der Waals surface area contributed by atoms with Gasteiger partial charge in [0.15, 0.2) is 0 Å². The first-order valence-electron chi connectivity index (χ1n) is 7.33. The number of carbonyl (C=O) groups excluding carboxylic acids is 1. The molecule has 1 aromatic carbocycles. The zero-order valence-electron chi connectivity index (χ0n) is 13.5. The number of aryl methyl sites for hydroxylation is 2. The Kier molecular flexibility index (Phi) is 5.63. The Morgan fingerprint density at radius 1 is 1.32 bits per heavy atom. The average molecular weight is 318 g/mol. The van der Waals surface area contributed by atoms with Crippen molar-refractivity contribution in [1.29, 1.82) is 0 Å². The maximum absolute atomic E-state index is 12.5. The molecule has 22 heavy (non-hydrogen) atoms. The molecule has 0 bridgehead atoms. The molecule has 0 aliphatic heterocycles. The third kappa shape index (κ3) is 4.11. The van der Waals surface area contributed by atoms with Crippen LogP contribution in [0.3, 0.4) is 0 Å². The highest BCUT2D eigenvalue weighted by atomic mass is 32.1. The second kappa shape index (κ2) is 7.47. The molecule has 1 atom stereocenters. The molecule has 0 aliphatic rings. The van der Waals surface area contributed by atoms with E-state index in [0.29, 0.717) is 6.54 Å². The van der Waals surface area contributed by atoms with Crippen LogP contribution in [0.25, 0.3) is 0 Å². The quantitative estimate of drug-likeness (QED) is 0.888. The van der Waals surface area contributed by atoms with Crippen molar-refractivity contribution in [3.8, 4) is 0 Å². The minimum atomic E-state index is -0.307. The molecule has 6 heteroatoms. The molecule has 0 saturated heterocycles. The van der Waals surface area contributed by atoms with Gasteiger partial charge in [0.25, 0.3) is 0 Å². The van der Waals surface area contributed by atoms with Gasteiger partial charge in [0.05, 0.1) is 6.54 Å². The largest absolute Gasteiger partial charge is 0.348 e. The summed E-state index contributed by atoms with van der Waals surface area (Å²) < 4.78 is 0. The molecule has 0 fully saturated rings. The number of nitrogens with zero attached hydrogens (tertiary/aromatic N) is 3. The van der Waals surface area contributed by atoms with Crippen LogP contribution in [0.15, 0.2) is 24.3 Å². The normalized spacial score (nSPS) is 12.4. The van der Waals surface area contributed by atoms with Gasteiger partial charge in [-0.1, -0.05) is 48.1 Å². The van der Waals surface area contributed by atoms with Gasteiger partial charge in [0.2, 0.25) is 5.91 Å². The third-order valence-corrected chi connectivity index (χ3v) is 4.42. The second-order valence-corrected chi connectivity index (χ2v) is 6.59. The maximum atomic E-state index is 12.5. The Hall–Kier alpha value is -1.79. The molecule has 1 aromatic heterocycles. The minimum absolute atomic E-state index is 0.0242. The summed E-state index contributed by atoms with van der Waals surface area (Å²) in [4.78, 5) is 14.5. The molecule has 0 unspecified atom stereocenters. The van der Waals surface area contributed by atoms with Gasteiger partial charge in [-0.3, -0.25) is 9.69 Å². The number of likely N-dealkylation sites (N-methyl/N-ethyl adjacent to an activating group) is 1. The van der Waals surface area contributed by atoms with E-state index in [-0.39, 0.29) is 11.9 Å². The van der Waals surface area contributed by atoms with E-state index in [0.717, 1.165) is 27.6 Å². The van der Waals surface area contributed by atoms with Crippen LogP contribution >= 0.6 is 11.3 Å². The summed E-state index contributed by atoms with van der Waals surface area (Å²) in [6.07, 6.45) is 0.870. The monoisotopic (exact) mass is 318 g/mol. The van der Waals surface area contributed by atoms with Gasteiger partial charge in [-0.25, -0.2) is 0 Å². The summed E-state index contributed by atoms with van der Waals surface area (Å²) >= 11 is 1.54. The van der Waals surface area contributed by atoms with Crippen molar-refractivity contribution in [2.24, 2.45) is 0 Å². The molecular formula is C16H22N4OS. The van der Waals surface area contributed by atoms with E-state index in [1.54, 1.807) is 11.3 Å². The predicted molar refractivity (Wildman–Crippen MR) is 88.7 cm³/mol. The average Bonchev–Trinajstić information content (AvgIpc) is 2.93. The van der Waals surface area contributed by atoms with Crippen molar-refractivity contribution in [2.45, 2.75) is 32.9 Å². The minimum Gasteiger partial charge on any atom is -0.348 e. The number of hydrogen-bond acceptors (Lipinski definition) is 5. The zero-order chi connectivity index (χ0) is 16.1. The van der Waals surface area contributed by atoms with E-state index in [1.165, 1.54) is 0 Å². The van der Waals surface area contributed by atoms with E-state index in [1.807, 2.05) is 57.1 Å². The van der Waals surface area contributed by atoms with Crippen molar-refractivity contribution in [1.82, 2.24) is 20.4 Å². The lowest BCUT2D eigenvalue weighted by molar-refractivity contribution is -0.125. The van der Waals surface area contributed by atoms with Crippen LogP contribution < -0.4 is 5.32 Å². The SMILES string of the molecule is CCc1nnc(CNC(=O)[C@@H](c2cccc(C)c2)N(C)C)s1. The predicted octanol–water partition coefficient (Wildman–Crippen LogP) is 2.33. The van der Waals surface area contributed by atoms with Crippen molar-refractivity contribution < 1.29 is 4.79 Å². The number of nitrogens with one attached hydrogen (secondary N) is 1. The standard InChI is InChI=1S/C16H22N4OS/c1-5-13-18-19-14(22-13)10-17-16(21)15(20(3)4)12-8-6-7-11(2)9-12/h6-9,15H,5,10H2,1-4H3,(H,17,21)/t15-/m1/s1. The lowest BCUT2D eigenvalue weighted by Crippen LogP contribution is -2.36. The summed E-state index contributed by atoms with van der Waals surface area (Å²) in [5, 5.41) is 13.0. The Bertz CT molecular complexity index is 639. The summed E-state index contributed by atoms with van der Waals surface area (Å²) in [5.41, 5.74) is 2.14. The fourth-order valence-corrected chi connectivity index (χ4v) is 3.01. The molecular weight excluding hydrogens is 296 g/mol. The van der Waals surface area contributed by atoms with Crippen LogP contribution in [0, 0.1) is 6.92 Å². The first-order chi connectivity index (χ1) is 10.5. The first-order valence-corrected chi connectivity index (χ1v) is 8.15. The molecule has 0 radical (unpaired) electrons. The Labute approximate surface area is 135 Å². The number of benzene rings is 1. The summed E-state index contributed by atoms with van der Waals surface area (Å²) in [6.45, 7) is 4.50. The van der Waals surface area contributed by atoms with Crippen molar-refractivity contribution in [3.63, 3.8) is 0 Å². The highest BCUT2D eigenvalue weighted by Crippen LogP contribution is 2.20. The van der Waals surface area contributed by atoms with Crippen LogP contribution in [-0.4, -0.2) is 35.1 Å². The fourth-order valence-electron chi connectivity index (χ4n) is 2.29. The highest BCUT2D eigenvalue weighted by Gasteiger charge is 2.23. The van der Waals surface area contributed by atoms with E-state index in [9.17, 15) is 4.79 Å². The highest BCUT2D eigenvalue weighted by molar-refractivity contribution is 7.11. The Morgan fingerprint density at radius 3 is 2.64 bits per heavy atom. The molecule has 0 aliphatic carbocycles. The van der Waals surface area contributed by atoms with Gasteiger partial charge in [0, 0.05) is 0 Å². The van der Waals surface area contributed by atoms with E-state index in [4.69, 9.17) is 0 Å². The van der Waals surface area contributed by atoms with Crippen molar-refractivity contribution in [2.75, 3.05) is 14.1 Å². The molecule has 2 rings (SSSR count). The van der Waals surface area contributed by atoms with Gasteiger partial charge < -0.3 is 5.32 Å². The smallest absolute Gasteiger partial charge is 0.242 e. The third-order valence-electron chi connectivity index (χ3n) is 3.35. The lowest BCUT2D eigenvalue weighted by Gasteiger charge is -2.24. The van der Waals surface area contributed by atoms with E-state index in [2.05, 4.69) is 15.5 Å². The van der Waals surface area contributed by atoms with Gasteiger partial charge in [-0.15, -0.1) is 10.2 Å². The number of amides is 1. The van der Waals surface area contributed by atoms with Gasteiger partial charge in [0.1, 0.15) is 16.1 Å². The van der Waals surface area contributed by atoms with Crippen molar-refractivity contribution >= 4 is 17.2 Å². The number of rotatable bonds is 6. The number of hydrogen-bond donors (Lipinski definition) is 1. The van der Waals surface area contributed by atoms with Crippen LogP contribution in [0.5, 0.6) is 0 Å². The molecule has 118 valence electrons. The molecule has 2 aromatic rings. The Morgan fingerprint density at radius 2 is 2.05 bits per heavy atom. The van der Waals surface area contributed by atoms with E-state index >= 15 is 0 Å². The Balaban J connectivity index is 2.07.